The first-order chi connectivity index (χ1) is 17.7. The monoisotopic (exact) mass is 491 g/mol. The van der Waals surface area contributed by atoms with Gasteiger partial charge in [-0.15, -0.1) is 0 Å². The molecule has 5 nitrogen and oxygen atoms in total. The number of aromatic nitrogens is 2. The summed E-state index contributed by atoms with van der Waals surface area (Å²) in [5.41, 5.74) is 4.12. The maximum absolute atomic E-state index is 4.92. The van der Waals surface area contributed by atoms with E-state index in [9.17, 15) is 0 Å². The standard InChI is InChI=1S/C31H49N5/c1-36(2)30-28-17-11-12-18-29(28)34-31(35-30)33-27-21-19-26(20-22-27)24-32-23-13-6-4-3-5-8-14-25-15-9-7-10-16-25/h7,9-10,15-16,26-27,32H,3-6,8,11-14,17-24H2,1-2H3,(H,33,34,35). The summed E-state index contributed by atoms with van der Waals surface area (Å²) in [5, 5.41) is 7.44. The van der Waals surface area contributed by atoms with Crippen LogP contribution in [0.5, 0.6) is 0 Å². The Morgan fingerprint density at radius 2 is 1.56 bits per heavy atom. The third-order valence-electron chi connectivity index (χ3n) is 8.11. The smallest absolute Gasteiger partial charge is 0.225 e. The van der Waals surface area contributed by atoms with E-state index >= 15 is 0 Å². The molecule has 1 fully saturated rings. The van der Waals surface area contributed by atoms with E-state index in [2.05, 4.69) is 60.0 Å². The average molecular weight is 492 g/mol. The Morgan fingerprint density at radius 3 is 2.33 bits per heavy atom. The van der Waals surface area contributed by atoms with Crippen LogP contribution in [0.4, 0.5) is 11.8 Å². The van der Waals surface area contributed by atoms with Gasteiger partial charge in [0.1, 0.15) is 5.82 Å². The molecule has 198 valence electrons. The summed E-state index contributed by atoms with van der Waals surface area (Å²) < 4.78 is 0. The Hall–Kier alpha value is -2.14. The van der Waals surface area contributed by atoms with Gasteiger partial charge in [-0.3, -0.25) is 0 Å². The molecule has 0 atom stereocenters. The van der Waals surface area contributed by atoms with Crippen molar-refractivity contribution in [3.05, 3.63) is 47.2 Å². The number of hydrogen-bond acceptors (Lipinski definition) is 5. The molecular weight excluding hydrogens is 442 g/mol. The first kappa shape index (κ1) is 26.9. The van der Waals surface area contributed by atoms with Gasteiger partial charge >= 0.3 is 0 Å². The van der Waals surface area contributed by atoms with Crippen LogP contribution in [-0.2, 0) is 19.3 Å². The third kappa shape index (κ3) is 8.47. The number of nitrogens with one attached hydrogen (secondary N) is 2. The molecule has 0 aliphatic heterocycles. The average Bonchev–Trinajstić information content (AvgIpc) is 2.90. The van der Waals surface area contributed by atoms with E-state index in [1.807, 2.05) is 0 Å². The fourth-order valence-electron chi connectivity index (χ4n) is 5.94. The van der Waals surface area contributed by atoms with E-state index in [4.69, 9.17) is 9.97 Å². The van der Waals surface area contributed by atoms with Gasteiger partial charge in [-0.2, -0.15) is 4.98 Å². The van der Waals surface area contributed by atoms with Crippen molar-refractivity contribution in [2.45, 2.75) is 102 Å². The summed E-state index contributed by atoms with van der Waals surface area (Å²) in [6.07, 6.45) is 19.2. The molecule has 2 aliphatic carbocycles. The molecule has 5 heteroatoms. The molecule has 1 saturated carbocycles. The van der Waals surface area contributed by atoms with Crippen molar-refractivity contribution in [3.8, 4) is 0 Å². The summed E-state index contributed by atoms with van der Waals surface area (Å²) >= 11 is 0. The van der Waals surface area contributed by atoms with Crippen molar-refractivity contribution in [3.63, 3.8) is 0 Å². The van der Waals surface area contributed by atoms with Gasteiger partial charge in [-0.25, -0.2) is 4.98 Å². The number of nitrogens with zero attached hydrogens (tertiary/aromatic N) is 3. The summed E-state index contributed by atoms with van der Waals surface area (Å²) in [7, 11) is 4.21. The van der Waals surface area contributed by atoms with E-state index in [1.165, 1.54) is 113 Å². The quantitative estimate of drug-likeness (QED) is 0.293. The van der Waals surface area contributed by atoms with Crippen LogP contribution >= 0.6 is 0 Å². The second-order valence-electron chi connectivity index (χ2n) is 11.3. The lowest BCUT2D eigenvalue weighted by Gasteiger charge is -2.30. The molecule has 0 amide bonds. The zero-order chi connectivity index (χ0) is 25.0. The van der Waals surface area contributed by atoms with Crippen LogP contribution in [0.15, 0.2) is 30.3 Å². The molecule has 2 aromatic rings. The molecule has 4 rings (SSSR count). The predicted octanol–water partition coefficient (Wildman–Crippen LogP) is 6.57. The number of aryl methyl sites for hydroxylation is 2. The van der Waals surface area contributed by atoms with Crippen molar-refractivity contribution in [1.29, 1.82) is 0 Å². The first-order valence-electron chi connectivity index (χ1n) is 14.8. The summed E-state index contributed by atoms with van der Waals surface area (Å²) in [5.74, 6) is 2.79. The lowest BCUT2D eigenvalue weighted by Crippen LogP contribution is -2.32. The Morgan fingerprint density at radius 1 is 0.833 bits per heavy atom. The minimum atomic E-state index is 0.514. The highest BCUT2D eigenvalue weighted by Gasteiger charge is 2.23. The Labute approximate surface area is 219 Å². The van der Waals surface area contributed by atoms with Gasteiger partial charge in [0.25, 0.3) is 0 Å². The number of hydrogen-bond donors (Lipinski definition) is 2. The Kier molecular flexibility index (Phi) is 10.9. The molecule has 0 saturated heterocycles. The second kappa shape index (κ2) is 14.6. The van der Waals surface area contributed by atoms with Gasteiger partial charge in [0.2, 0.25) is 5.95 Å². The summed E-state index contributed by atoms with van der Waals surface area (Å²) in [4.78, 5) is 12.0. The lowest BCUT2D eigenvalue weighted by molar-refractivity contribution is 0.323. The van der Waals surface area contributed by atoms with Crippen molar-refractivity contribution >= 4 is 11.8 Å². The fraction of sp³-hybridized carbons (Fsp3) is 0.677. The molecule has 0 bridgehead atoms. The SMILES string of the molecule is CN(C)c1nc(NC2CCC(CNCCCCCCCCc3ccccc3)CC2)nc2c1CCCC2. The van der Waals surface area contributed by atoms with E-state index in [-0.39, 0.29) is 0 Å². The van der Waals surface area contributed by atoms with Crippen LogP contribution in [0.1, 0.15) is 93.9 Å². The number of fused-ring (bicyclic) bond motifs is 1. The molecule has 0 unspecified atom stereocenters. The molecule has 2 N–H and O–H groups in total. The van der Waals surface area contributed by atoms with E-state index in [0.717, 1.165) is 30.5 Å². The van der Waals surface area contributed by atoms with Gasteiger partial charge in [0.15, 0.2) is 0 Å². The van der Waals surface area contributed by atoms with Crippen molar-refractivity contribution < 1.29 is 0 Å². The number of anilines is 2. The highest BCUT2D eigenvalue weighted by atomic mass is 15.2. The molecule has 1 heterocycles. The molecule has 2 aliphatic rings. The van der Waals surface area contributed by atoms with Crippen LogP contribution in [0.3, 0.4) is 0 Å². The normalized spacial score (nSPS) is 19.6. The molecular formula is C31H49N5. The molecule has 1 aromatic carbocycles. The predicted molar refractivity (Wildman–Crippen MR) is 153 cm³/mol. The molecule has 0 spiro atoms. The summed E-state index contributed by atoms with van der Waals surface area (Å²) in [6, 6.07) is 11.4. The van der Waals surface area contributed by atoms with Gasteiger partial charge in [-0.05, 0) is 95.2 Å². The first-order valence-corrected chi connectivity index (χ1v) is 14.8. The Balaban J connectivity index is 1.04. The van der Waals surface area contributed by atoms with Crippen LogP contribution < -0.4 is 15.5 Å². The van der Waals surface area contributed by atoms with Crippen molar-refractivity contribution in [2.75, 3.05) is 37.4 Å². The highest BCUT2D eigenvalue weighted by Crippen LogP contribution is 2.30. The van der Waals surface area contributed by atoms with E-state index in [1.54, 1.807) is 0 Å². The van der Waals surface area contributed by atoms with Crippen LogP contribution in [0.2, 0.25) is 0 Å². The number of rotatable bonds is 14. The van der Waals surface area contributed by atoms with Crippen molar-refractivity contribution in [2.24, 2.45) is 5.92 Å². The van der Waals surface area contributed by atoms with E-state index in [0.29, 0.717) is 6.04 Å². The topological polar surface area (TPSA) is 53.1 Å². The lowest BCUT2D eigenvalue weighted by atomic mass is 9.86. The maximum Gasteiger partial charge on any atom is 0.225 e. The maximum atomic E-state index is 4.92. The largest absolute Gasteiger partial charge is 0.362 e. The van der Waals surface area contributed by atoms with E-state index < -0.39 is 0 Å². The zero-order valence-corrected chi connectivity index (χ0v) is 22.9. The summed E-state index contributed by atoms with van der Waals surface area (Å²) in [6.45, 7) is 2.36. The van der Waals surface area contributed by atoms with Crippen LogP contribution in [0.25, 0.3) is 0 Å². The minimum absolute atomic E-state index is 0.514. The van der Waals surface area contributed by atoms with Crippen molar-refractivity contribution in [1.82, 2.24) is 15.3 Å². The molecule has 36 heavy (non-hydrogen) atoms. The van der Waals surface area contributed by atoms with Gasteiger partial charge in [-0.1, -0.05) is 56.0 Å². The van der Waals surface area contributed by atoms with Gasteiger partial charge in [0.05, 0.1) is 5.69 Å². The van der Waals surface area contributed by atoms with Crippen LogP contribution in [0, 0.1) is 5.92 Å². The highest BCUT2D eigenvalue weighted by molar-refractivity contribution is 5.52. The second-order valence-corrected chi connectivity index (χ2v) is 11.3. The number of unbranched alkanes of at least 4 members (excludes halogenated alkanes) is 5. The zero-order valence-electron chi connectivity index (χ0n) is 22.9. The molecule has 1 aromatic heterocycles. The Bertz CT molecular complexity index is 889. The fourth-order valence-corrected chi connectivity index (χ4v) is 5.94. The van der Waals surface area contributed by atoms with Gasteiger partial charge in [0, 0.05) is 25.7 Å². The van der Waals surface area contributed by atoms with Gasteiger partial charge < -0.3 is 15.5 Å². The van der Waals surface area contributed by atoms with Crippen LogP contribution in [-0.4, -0.2) is 43.2 Å². The third-order valence-corrected chi connectivity index (χ3v) is 8.11. The number of benzene rings is 1. The molecule has 0 radical (unpaired) electrons. The minimum Gasteiger partial charge on any atom is -0.362 e.